The number of carbonyl (C=O) groups is 6. The molecule has 0 spiro atoms. The van der Waals surface area contributed by atoms with Gasteiger partial charge in [-0.05, 0) is 148 Å². The van der Waals surface area contributed by atoms with Gasteiger partial charge in [-0.15, -0.1) is 0 Å². The van der Waals surface area contributed by atoms with Gasteiger partial charge in [0.1, 0.15) is 64.8 Å². The van der Waals surface area contributed by atoms with Crippen LogP contribution in [0.1, 0.15) is 72.6 Å². The Morgan fingerprint density at radius 2 is 0.767 bits per heavy atom. The number of halogens is 4. The number of ether oxygens (including phenoxy) is 2. The number of esters is 2. The van der Waals surface area contributed by atoms with Crippen LogP contribution < -0.4 is 38.3 Å². The molecule has 0 aliphatic rings. The van der Waals surface area contributed by atoms with Crippen LogP contribution >= 0.6 is 50.7 Å². The summed E-state index contributed by atoms with van der Waals surface area (Å²) in [7, 11) is -1.41. The van der Waals surface area contributed by atoms with E-state index < -0.39 is 124 Å². The largest absolute Gasteiger partial charge is 0.506 e. The molecule has 0 saturated heterocycles. The summed E-state index contributed by atoms with van der Waals surface area (Å²) >= 11 is 20.5. The fraction of sp³-hybridized carbons (Fsp3) is 0.177. The fourth-order valence-corrected chi connectivity index (χ4v) is 8.61. The van der Waals surface area contributed by atoms with E-state index in [1.165, 1.54) is 18.2 Å². The molecule has 0 unspecified atom stereocenters. The number of carboxylic acid groups (broad SMARTS) is 1. The molecule has 6 aromatic carbocycles. The molecule has 0 atom stereocenters. The van der Waals surface area contributed by atoms with E-state index >= 15 is 0 Å². The molecule has 9 rings (SSSR count). The number of aliphatic carboxylic acids is 1. The zero-order valence-electron chi connectivity index (χ0n) is 48.2. The van der Waals surface area contributed by atoms with Gasteiger partial charge in [-0.2, -0.15) is 0 Å². The van der Waals surface area contributed by atoms with Crippen molar-refractivity contribution in [2.75, 3.05) is 19.6 Å². The summed E-state index contributed by atoms with van der Waals surface area (Å²) in [4.78, 5) is 107. The Hall–Kier alpha value is -9.50. The average molecular weight is 1360 g/mol. The highest BCUT2D eigenvalue weighted by atomic mass is 79.9. The number of rotatable bonds is 12. The summed E-state index contributed by atoms with van der Waals surface area (Å²) in [6.07, 6.45) is 0. The quantitative estimate of drug-likeness (QED) is 0.0313. The highest BCUT2D eigenvalue weighted by Crippen LogP contribution is 2.33. The van der Waals surface area contributed by atoms with E-state index in [4.69, 9.17) is 72.7 Å². The van der Waals surface area contributed by atoms with Crippen LogP contribution in [-0.4, -0.2) is 104 Å². The minimum atomic E-state index is -1.41. The van der Waals surface area contributed by atoms with E-state index in [2.05, 4.69) is 26.6 Å². The number of nitrogens with one attached hydrogen (secondary N) is 3. The molecule has 0 bridgehead atoms. The van der Waals surface area contributed by atoms with E-state index in [-0.39, 0.29) is 32.9 Å². The van der Waals surface area contributed by atoms with Crippen molar-refractivity contribution < 1.29 is 82.0 Å². The molecular weight excluding hydrogens is 1300 g/mol. The molecule has 3 heterocycles. The van der Waals surface area contributed by atoms with E-state index in [1.54, 1.807) is 151 Å². The van der Waals surface area contributed by atoms with Gasteiger partial charge in [0, 0.05) is 19.5 Å². The van der Waals surface area contributed by atoms with Crippen molar-refractivity contribution >= 4 is 132 Å². The van der Waals surface area contributed by atoms with Gasteiger partial charge in [0.2, 0.25) is 0 Å². The Labute approximate surface area is 533 Å². The van der Waals surface area contributed by atoms with E-state index in [0.717, 1.165) is 22.3 Å². The lowest BCUT2D eigenvalue weighted by molar-refractivity contribution is -0.154. The monoisotopic (exact) mass is 1360 g/mol. The SMILES string of the molecule is CC(C)(C)OC(=O)CNC(=O)c1c(O)c2ccc(-c3ccc(Cl)cc3)cc2oc1=O.CC(C)(C)OC(=O)CNC(=O)c1c(O)c2ccc(Br)cc2oc1=O.O=C(O)CNC(=O)c1c(O)c2ccc(-c3ccc(Cl)cc3)cc2oc1=O.OB(O)c1ccc(Cl)cc1. The van der Waals surface area contributed by atoms with Gasteiger partial charge in [-0.3, -0.25) is 28.8 Å². The third kappa shape index (κ3) is 19.3. The number of amides is 3. The third-order valence-corrected chi connectivity index (χ3v) is 13.1. The number of hydrogen-bond donors (Lipinski definition) is 9. The maximum absolute atomic E-state index is 12.4. The summed E-state index contributed by atoms with van der Waals surface area (Å²) in [5.41, 5.74) is -2.36. The van der Waals surface area contributed by atoms with Crippen LogP contribution in [0.5, 0.6) is 17.2 Å². The third-order valence-electron chi connectivity index (χ3n) is 11.8. The van der Waals surface area contributed by atoms with Gasteiger partial charge in [-0.1, -0.05) is 99.3 Å². The lowest BCUT2D eigenvalue weighted by atomic mass is 9.81. The van der Waals surface area contributed by atoms with Gasteiger partial charge in [0.25, 0.3) is 17.7 Å². The zero-order chi connectivity index (χ0) is 66.5. The summed E-state index contributed by atoms with van der Waals surface area (Å²) in [5, 5.41) is 65.6. The van der Waals surface area contributed by atoms with Gasteiger partial charge >= 0.3 is 41.9 Å². The molecule has 23 nitrogen and oxygen atoms in total. The molecule has 3 amide bonds. The predicted octanol–water partition coefficient (Wildman–Crippen LogP) is 8.88. The second kappa shape index (κ2) is 30.1. The highest BCUT2D eigenvalue weighted by Gasteiger charge is 2.26. The maximum Gasteiger partial charge on any atom is 0.488 e. The molecule has 0 aliphatic heterocycles. The fourth-order valence-electron chi connectivity index (χ4n) is 7.89. The van der Waals surface area contributed by atoms with Crippen molar-refractivity contribution in [3.05, 3.63) is 195 Å². The highest BCUT2D eigenvalue weighted by molar-refractivity contribution is 9.10. The van der Waals surface area contributed by atoms with Crippen LogP contribution in [0.2, 0.25) is 15.1 Å². The molecule has 0 radical (unpaired) electrons. The zero-order valence-corrected chi connectivity index (χ0v) is 52.1. The Bertz CT molecular complexity index is 4370. The molecular formula is C62H54BBrCl3N3O20. The molecule has 0 fully saturated rings. The number of benzene rings is 6. The molecule has 90 heavy (non-hydrogen) atoms. The number of carbonyl (C=O) groups excluding carboxylic acids is 5. The second-order valence-electron chi connectivity index (χ2n) is 21.0. The van der Waals surface area contributed by atoms with Gasteiger partial charge in [0.15, 0.2) is 16.7 Å². The molecule has 0 aliphatic carbocycles. The van der Waals surface area contributed by atoms with Crippen molar-refractivity contribution in [1.82, 2.24) is 16.0 Å². The first-order valence-corrected chi connectivity index (χ1v) is 28.3. The molecule has 468 valence electrons. The molecule has 9 N–H and O–H groups in total. The molecule has 9 aromatic rings. The number of aromatic hydroxyl groups is 3. The lowest BCUT2D eigenvalue weighted by Gasteiger charge is -2.19. The van der Waals surface area contributed by atoms with Crippen molar-refractivity contribution in [1.29, 1.82) is 0 Å². The normalized spacial score (nSPS) is 10.9. The van der Waals surface area contributed by atoms with Crippen LogP contribution in [0, 0.1) is 0 Å². The van der Waals surface area contributed by atoms with E-state index in [1.807, 2.05) is 5.32 Å². The smallest absolute Gasteiger partial charge is 0.488 e. The Morgan fingerprint density at radius 1 is 0.467 bits per heavy atom. The first kappa shape index (κ1) is 69.6. The van der Waals surface area contributed by atoms with Crippen LogP contribution in [0.3, 0.4) is 0 Å². The maximum atomic E-state index is 12.4. The molecule has 0 saturated carbocycles. The van der Waals surface area contributed by atoms with Crippen LogP contribution in [0.15, 0.2) is 160 Å². The summed E-state index contributed by atoms with van der Waals surface area (Å²) in [6, 6.07) is 34.6. The van der Waals surface area contributed by atoms with E-state index in [0.29, 0.717) is 25.0 Å². The minimum absolute atomic E-state index is 0.0923. The first-order chi connectivity index (χ1) is 42.2. The van der Waals surface area contributed by atoms with Gasteiger partial charge in [0.05, 0.1) is 16.2 Å². The Morgan fingerprint density at radius 3 is 1.09 bits per heavy atom. The van der Waals surface area contributed by atoms with Gasteiger partial charge in [-0.25, -0.2) is 14.4 Å². The number of carboxylic acids is 1. The first-order valence-electron chi connectivity index (χ1n) is 26.4. The Balaban J connectivity index is 0.000000200. The number of fused-ring (bicyclic) bond motifs is 3. The van der Waals surface area contributed by atoms with Crippen molar-refractivity contribution in [2.24, 2.45) is 0 Å². The summed E-state index contributed by atoms with van der Waals surface area (Å²) < 4.78 is 26.2. The van der Waals surface area contributed by atoms with Crippen LogP contribution in [0.25, 0.3) is 55.2 Å². The Kier molecular flexibility index (Phi) is 23.3. The van der Waals surface area contributed by atoms with Crippen molar-refractivity contribution in [3.63, 3.8) is 0 Å². The minimum Gasteiger partial charge on any atom is -0.506 e. The van der Waals surface area contributed by atoms with Crippen LogP contribution in [0.4, 0.5) is 0 Å². The van der Waals surface area contributed by atoms with Crippen LogP contribution in [-0.2, 0) is 23.9 Å². The lowest BCUT2D eigenvalue weighted by Crippen LogP contribution is -2.36. The summed E-state index contributed by atoms with van der Waals surface area (Å²) in [5.74, 6) is -7.09. The van der Waals surface area contributed by atoms with Crippen molar-refractivity contribution in [3.8, 4) is 39.5 Å². The van der Waals surface area contributed by atoms with Gasteiger partial charge < -0.3 is 69.1 Å². The predicted molar refractivity (Wildman–Crippen MR) is 339 cm³/mol. The van der Waals surface area contributed by atoms with Crippen molar-refractivity contribution in [2.45, 2.75) is 52.7 Å². The molecule has 3 aromatic heterocycles. The second-order valence-corrected chi connectivity index (χ2v) is 23.2. The number of hydrogen-bond acceptors (Lipinski definition) is 19. The summed E-state index contributed by atoms with van der Waals surface area (Å²) in [6.45, 7) is 8.55. The molecule has 28 heteroatoms. The average Bonchev–Trinajstić information content (AvgIpc) is 0.932. The standard InChI is InChI=1S/C22H20ClNO6.C18H12ClNO6.C16H16BrNO6.C6H6BClO2/c1-22(2,3)30-17(25)11-24-20(27)18-19(26)15-9-6-13(10-16(15)29-21(18)28)12-4-7-14(23)8-5-12;19-11-4-1-9(2-5-11)10-3-6-12-13(7-10)26-18(25)15(16(12)23)17(24)20-8-14(21)22;1-16(2,3)24-11(19)7-18-14(21)12-13(20)9-5-4-8(17)6-10(9)23-15(12)22;8-6-3-1-5(2-4-6)7(9)10/h4-10,26H,11H2,1-3H3,(H,24,27);1-7,23H,8H2,(H,20,24)(H,21,22);4-6,20H,7H2,1-3H3,(H,18,21);1-4,9-10H. The van der Waals surface area contributed by atoms with E-state index in [9.17, 15) is 58.5 Å². The topological polar surface area (TPSA) is 369 Å².